The number of ether oxygens (including phenoxy) is 4. The Morgan fingerprint density at radius 2 is 1.70 bits per heavy atom. The number of fused-ring (bicyclic) bond motifs is 3. The van der Waals surface area contributed by atoms with Crippen LogP contribution in [0.1, 0.15) is 68.2 Å². The molecule has 10 nitrogen and oxygen atoms in total. The quantitative estimate of drug-likeness (QED) is 0.239. The first-order valence-corrected chi connectivity index (χ1v) is 12.2. The van der Waals surface area contributed by atoms with E-state index in [-0.39, 0.29) is 12.8 Å². The highest BCUT2D eigenvalue weighted by atomic mass is 16.6. The minimum Gasteiger partial charge on any atom is -0.459 e. The Bertz CT molecular complexity index is 1110. The molecule has 2 aliphatic carbocycles. The van der Waals surface area contributed by atoms with Crippen LogP contribution in [0.25, 0.3) is 0 Å². The highest BCUT2D eigenvalue weighted by Crippen LogP contribution is 2.56. The van der Waals surface area contributed by atoms with Crippen molar-refractivity contribution < 1.29 is 48.3 Å². The summed E-state index contributed by atoms with van der Waals surface area (Å²) in [4.78, 5) is 50.3. The number of esters is 4. The van der Waals surface area contributed by atoms with Crippen LogP contribution in [-0.4, -0.2) is 69.2 Å². The highest BCUT2D eigenvalue weighted by molar-refractivity contribution is 5.88. The molecule has 0 spiro atoms. The molecule has 0 radical (unpaired) electrons. The minimum absolute atomic E-state index is 0.161. The second-order valence-corrected chi connectivity index (χ2v) is 10.7. The first-order chi connectivity index (χ1) is 17.0. The number of hydrogen-bond donors (Lipinski definition) is 2. The molecule has 0 aromatic carbocycles. The molecular weight excluding hydrogens is 484 g/mol. The van der Waals surface area contributed by atoms with Crippen LogP contribution in [0.2, 0.25) is 0 Å². The second-order valence-electron chi connectivity index (χ2n) is 10.7. The number of aliphatic hydroxyl groups is 2. The van der Waals surface area contributed by atoms with Crippen molar-refractivity contribution in [1.29, 1.82) is 0 Å². The molecule has 10 heteroatoms. The van der Waals surface area contributed by atoms with Gasteiger partial charge in [-0.1, -0.05) is 11.6 Å². The summed E-state index contributed by atoms with van der Waals surface area (Å²) < 4.78 is 22.7. The lowest BCUT2D eigenvalue weighted by atomic mass is 9.75. The monoisotopic (exact) mass is 520 g/mol. The largest absolute Gasteiger partial charge is 0.459 e. The lowest BCUT2D eigenvalue weighted by Crippen LogP contribution is -2.64. The zero-order valence-corrected chi connectivity index (χ0v) is 22.5. The summed E-state index contributed by atoms with van der Waals surface area (Å²) in [5.41, 5.74) is -4.40. The molecule has 3 aliphatic rings. The Labute approximate surface area is 216 Å². The van der Waals surface area contributed by atoms with Crippen LogP contribution in [0.4, 0.5) is 0 Å². The van der Waals surface area contributed by atoms with Crippen LogP contribution in [0.3, 0.4) is 0 Å². The van der Waals surface area contributed by atoms with Gasteiger partial charge in [0.15, 0.2) is 17.3 Å². The Hall–Kier alpha value is -2.98. The van der Waals surface area contributed by atoms with Crippen LogP contribution >= 0.6 is 0 Å². The van der Waals surface area contributed by atoms with Crippen LogP contribution in [-0.2, 0) is 38.1 Å². The molecule has 0 aromatic rings. The van der Waals surface area contributed by atoms with E-state index in [4.69, 9.17) is 18.9 Å². The van der Waals surface area contributed by atoms with Crippen molar-refractivity contribution in [1.82, 2.24) is 0 Å². The first-order valence-electron chi connectivity index (χ1n) is 12.2. The van der Waals surface area contributed by atoms with Crippen molar-refractivity contribution in [3.8, 4) is 0 Å². The van der Waals surface area contributed by atoms with Crippen molar-refractivity contribution in [2.45, 2.75) is 103 Å². The summed E-state index contributed by atoms with van der Waals surface area (Å²) in [5.74, 6) is -3.75. The summed E-state index contributed by atoms with van der Waals surface area (Å²) in [6, 6.07) is 0. The van der Waals surface area contributed by atoms with Gasteiger partial charge in [0.2, 0.25) is 0 Å². The van der Waals surface area contributed by atoms with Crippen molar-refractivity contribution in [3.63, 3.8) is 0 Å². The van der Waals surface area contributed by atoms with E-state index in [1.54, 1.807) is 47.6 Å². The molecule has 1 saturated heterocycles. The molecule has 204 valence electrons. The van der Waals surface area contributed by atoms with E-state index in [0.29, 0.717) is 22.3 Å². The summed E-state index contributed by atoms with van der Waals surface area (Å²) in [7, 11) is 0. The van der Waals surface area contributed by atoms with E-state index in [1.807, 2.05) is 0 Å². The van der Waals surface area contributed by atoms with Crippen LogP contribution in [0.5, 0.6) is 0 Å². The normalized spacial score (nSPS) is 37.1. The van der Waals surface area contributed by atoms with Gasteiger partial charge in [-0.3, -0.25) is 4.79 Å². The third-order valence-electron chi connectivity index (χ3n) is 7.71. The number of carbonyl (C=O) groups is 4. The first kappa shape index (κ1) is 28.6. The fourth-order valence-electron chi connectivity index (χ4n) is 5.58. The number of rotatable bonds is 5. The fourth-order valence-corrected chi connectivity index (χ4v) is 5.58. The van der Waals surface area contributed by atoms with Crippen molar-refractivity contribution in [2.75, 3.05) is 0 Å². The van der Waals surface area contributed by atoms with Gasteiger partial charge in [-0.15, -0.1) is 0 Å². The van der Waals surface area contributed by atoms with Crippen LogP contribution in [0, 0.1) is 5.92 Å². The van der Waals surface area contributed by atoms with E-state index in [9.17, 15) is 29.4 Å². The molecule has 3 rings (SSSR count). The number of hydrogen-bond acceptors (Lipinski definition) is 10. The van der Waals surface area contributed by atoms with Gasteiger partial charge in [0.25, 0.3) is 0 Å². The van der Waals surface area contributed by atoms with Gasteiger partial charge in [-0.2, -0.15) is 0 Å². The summed E-state index contributed by atoms with van der Waals surface area (Å²) in [6.07, 6.45) is -0.990. The van der Waals surface area contributed by atoms with Gasteiger partial charge >= 0.3 is 23.9 Å². The van der Waals surface area contributed by atoms with Crippen molar-refractivity contribution in [2.24, 2.45) is 5.92 Å². The van der Waals surface area contributed by atoms with Gasteiger partial charge in [0.1, 0.15) is 17.8 Å². The zero-order valence-electron chi connectivity index (χ0n) is 22.5. The maximum atomic E-state index is 12.8. The van der Waals surface area contributed by atoms with E-state index in [1.165, 1.54) is 13.0 Å². The summed E-state index contributed by atoms with van der Waals surface area (Å²) >= 11 is 0. The van der Waals surface area contributed by atoms with Gasteiger partial charge in [0, 0.05) is 30.9 Å². The maximum Gasteiger partial charge on any atom is 0.341 e. The standard InChI is InChI=1S/C27H36O10/c1-9-14(4)23(30)34-18-11-17-21(15(18)5)22-27(33,26(8,32)24(31)36-22)19(35-20(29)10-13(2)3)12-25(17,7)37-16(6)28/h9-10,17-19,22,32-33H,11-12H2,1-8H3. The Balaban J connectivity index is 2.22. The van der Waals surface area contributed by atoms with Gasteiger partial charge in [-0.25, -0.2) is 14.4 Å². The lowest BCUT2D eigenvalue weighted by molar-refractivity contribution is -0.207. The van der Waals surface area contributed by atoms with E-state index < -0.39 is 64.9 Å². The molecule has 7 unspecified atom stereocenters. The predicted octanol–water partition coefficient (Wildman–Crippen LogP) is 2.21. The van der Waals surface area contributed by atoms with Crippen molar-refractivity contribution in [3.05, 3.63) is 34.4 Å². The molecule has 0 bridgehead atoms. The van der Waals surface area contributed by atoms with Crippen LogP contribution in [0.15, 0.2) is 34.4 Å². The average Bonchev–Trinajstić information content (AvgIpc) is 3.16. The third kappa shape index (κ3) is 4.72. The summed E-state index contributed by atoms with van der Waals surface area (Å²) in [6.45, 7) is 12.3. The van der Waals surface area contributed by atoms with E-state index in [0.717, 1.165) is 6.92 Å². The number of allylic oxidation sites excluding steroid dienone is 2. The Morgan fingerprint density at radius 1 is 1.08 bits per heavy atom. The molecule has 7 atom stereocenters. The van der Waals surface area contributed by atoms with Gasteiger partial charge in [-0.05, 0) is 66.0 Å². The maximum absolute atomic E-state index is 12.8. The minimum atomic E-state index is -2.47. The zero-order chi connectivity index (χ0) is 28.1. The Morgan fingerprint density at radius 3 is 2.24 bits per heavy atom. The molecule has 37 heavy (non-hydrogen) atoms. The van der Waals surface area contributed by atoms with Crippen molar-refractivity contribution >= 4 is 23.9 Å². The topological polar surface area (TPSA) is 146 Å². The van der Waals surface area contributed by atoms with E-state index >= 15 is 0 Å². The molecule has 1 saturated carbocycles. The van der Waals surface area contributed by atoms with Crippen LogP contribution < -0.4 is 0 Å². The summed E-state index contributed by atoms with van der Waals surface area (Å²) in [5, 5.41) is 23.3. The average molecular weight is 521 g/mol. The van der Waals surface area contributed by atoms with E-state index in [2.05, 4.69) is 0 Å². The predicted molar refractivity (Wildman–Crippen MR) is 130 cm³/mol. The Kier molecular flexibility index (Phi) is 7.51. The lowest BCUT2D eigenvalue weighted by Gasteiger charge is -2.40. The van der Waals surface area contributed by atoms with Gasteiger partial charge in [0.05, 0.1) is 0 Å². The molecule has 2 fully saturated rings. The molecule has 2 N–H and O–H groups in total. The third-order valence-corrected chi connectivity index (χ3v) is 7.71. The SMILES string of the molecule is CC=C(C)C(=O)OC1CC2C(=C1C)C1OC(=O)C(C)(O)C1(O)C(OC(=O)C=C(C)C)CC2(C)OC(C)=O. The molecule has 0 aromatic heterocycles. The van der Waals surface area contributed by atoms with Gasteiger partial charge < -0.3 is 29.2 Å². The fraction of sp³-hybridized carbons (Fsp3) is 0.630. The molecule has 1 heterocycles. The smallest absolute Gasteiger partial charge is 0.341 e. The molecular formula is C27H36O10. The second kappa shape index (κ2) is 9.72. The molecule has 0 amide bonds. The highest BCUT2D eigenvalue weighted by Gasteiger charge is 2.74. The number of carbonyl (C=O) groups excluding carboxylic acids is 4. The molecule has 1 aliphatic heterocycles.